The summed E-state index contributed by atoms with van der Waals surface area (Å²) in [6, 6.07) is -0.445. The molecular formula is C7H16N2O2. The number of hydrogen-bond donors (Lipinski definition) is 2. The molecule has 2 atom stereocenters. The van der Waals surface area contributed by atoms with Gasteiger partial charge in [0.1, 0.15) is 0 Å². The highest BCUT2D eigenvalue weighted by Crippen LogP contribution is 1.84. The van der Waals surface area contributed by atoms with E-state index in [1.165, 1.54) is 0 Å². The van der Waals surface area contributed by atoms with E-state index in [1.54, 1.807) is 14.0 Å². The Morgan fingerprint density at radius 1 is 1.64 bits per heavy atom. The SMILES string of the molecule is COC(C)CNC(=O)C(C)N. The Morgan fingerprint density at radius 3 is 2.55 bits per heavy atom. The minimum absolute atomic E-state index is 0.0395. The van der Waals surface area contributed by atoms with Crippen molar-refractivity contribution in [2.24, 2.45) is 5.73 Å². The van der Waals surface area contributed by atoms with Gasteiger partial charge >= 0.3 is 0 Å². The van der Waals surface area contributed by atoms with Crippen molar-refractivity contribution in [3.63, 3.8) is 0 Å². The molecule has 0 radical (unpaired) electrons. The van der Waals surface area contributed by atoms with Gasteiger partial charge in [0.15, 0.2) is 0 Å². The van der Waals surface area contributed by atoms with Crippen molar-refractivity contribution < 1.29 is 9.53 Å². The zero-order chi connectivity index (χ0) is 8.85. The maximum Gasteiger partial charge on any atom is 0.236 e. The molecule has 0 aromatic heterocycles. The Balaban J connectivity index is 3.46. The summed E-state index contributed by atoms with van der Waals surface area (Å²) in [5.41, 5.74) is 5.31. The Bertz CT molecular complexity index is 126. The molecule has 3 N–H and O–H groups in total. The fourth-order valence-corrected chi connectivity index (χ4v) is 0.489. The van der Waals surface area contributed by atoms with E-state index in [2.05, 4.69) is 5.32 Å². The summed E-state index contributed by atoms with van der Waals surface area (Å²) in [5, 5.41) is 2.64. The van der Waals surface area contributed by atoms with Crippen LogP contribution in [-0.4, -0.2) is 31.7 Å². The second kappa shape index (κ2) is 5.09. The maximum absolute atomic E-state index is 10.9. The molecule has 1 amide bonds. The van der Waals surface area contributed by atoms with Crippen LogP contribution in [0.15, 0.2) is 0 Å². The largest absolute Gasteiger partial charge is 0.380 e. The van der Waals surface area contributed by atoms with Gasteiger partial charge in [-0.3, -0.25) is 4.79 Å². The molecule has 4 nitrogen and oxygen atoms in total. The Hall–Kier alpha value is -0.610. The monoisotopic (exact) mass is 160 g/mol. The van der Waals surface area contributed by atoms with Gasteiger partial charge in [-0.1, -0.05) is 0 Å². The third-order valence-electron chi connectivity index (χ3n) is 1.38. The van der Waals surface area contributed by atoms with Crippen molar-refractivity contribution in [2.45, 2.75) is 26.0 Å². The van der Waals surface area contributed by atoms with Crippen LogP contribution in [-0.2, 0) is 9.53 Å². The molecule has 0 aliphatic carbocycles. The Labute approximate surface area is 67.1 Å². The van der Waals surface area contributed by atoms with Crippen molar-refractivity contribution in [2.75, 3.05) is 13.7 Å². The zero-order valence-electron chi connectivity index (χ0n) is 7.26. The number of carbonyl (C=O) groups excluding carboxylic acids is 1. The van der Waals surface area contributed by atoms with Crippen LogP contribution in [0.4, 0.5) is 0 Å². The molecule has 2 unspecified atom stereocenters. The lowest BCUT2D eigenvalue weighted by molar-refractivity contribution is -0.122. The lowest BCUT2D eigenvalue weighted by atomic mass is 10.3. The molecule has 66 valence electrons. The van der Waals surface area contributed by atoms with Gasteiger partial charge in [-0.05, 0) is 13.8 Å². The molecule has 0 bridgehead atoms. The van der Waals surface area contributed by atoms with Gasteiger partial charge in [0.2, 0.25) is 5.91 Å². The average molecular weight is 160 g/mol. The number of hydrogen-bond acceptors (Lipinski definition) is 3. The first-order chi connectivity index (χ1) is 5.07. The molecule has 0 heterocycles. The van der Waals surface area contributed by atoms with Crippen LogP contribution in [0.2, 0.25) is 0 Å². The molecule has 0 rings (SSSR count). The van der Waals surface area contributed by atoms with E-state index in [-0.39, 0.29) is 12.0 Å². The first-order valence-electron chi connectivity index (χ1n) is 3.64. The van der Waals surface area contributed by atoms with E-state index in [1.807, 2.05) is 6.92 Å². The summed E-state index contributed by atoms with van der Waals surface area (Å²) >= 11 is 0. The van der Waals surface area contributed by atoms with Crippen molar-refractivity contribution in [1.29, 1.82) is 0 Å². The standard InChI is InChI=1S/C7H16N2O2/c1-5(11-3)4-9-7(10)6(2)8/h5-6H,4,8H2,1-3H3,(H,9,10). The van der Waals surface area contributed by atoms with Crippen molar-refractivity contribution in [1.82, 2.24) is 5.32 Å². The number of nitrogens with one attached hydrogen (secondary N) is 1. The molecule has 0 aliphatic heterocycles. The summed E-state index contributed by atoms with van der Waals surface area (Å²) in [4.78, 5) is 10.9. The van der Waals surface area contributed by atoms with Crippen LogP contribution in [0.25, 0.3) is 0 Å². The van der Waals surface area contributed by atoms with Gasteiger partial charge in [0.25, 0.3) is 0 Å². The summed E-state index contributed by atoms with van der Waals surface area (Å²) in [6.07, 6.45) is 0.0395. The number of methoxy groups -OCH3 is 1. The smallest absolute Gasteiger partial charge is 0.236 e. The van der Waals surface area contributed by atoms with Crippen LogP contribution in [0.3, 0.4) is 0 Å². The summed E-state index contributed by atoms with van der Waals surface area (Å²) < 4.78 is 4.92. The van der Waals surface area contributed by atoms with Crippen LogP contribution in [0.1, 0.15) is 13.8 Å². The predicted molar refractivity (Wildman–Crippen MR) is 43.1 cm³/mol. The zero-order valence-corrected chi connectivity index (χ0v) is 7.26. The molecule has 0 saturated carbocycles. The second-order valence-electron chi connectivity index (χ2n) is 2.58. The van der Waals surface area contributed by atoms with Crippen molar-refractivity contribution in [3.8, 4) is 0 Å². The first kappa shape index (κ1) is 10.4. The second-order valence-corrected chi connectivity index (χ2v) is 2.58. The molecule has 0 saturated heterocycles. The number of nitrogens with two attached hydrogens (primary N) is 1. The van der Waals surface area contributed by atoms with Gasteiger partial charge < -0.3 is 15.8 Å². The van der Waals surface area contributed by atoms with Crippen LogP contribution in [0, 0.1) is 0 Å². The third-order valence-corrected chi connectivity index (χ3v) is 1.38. The average Bonchev–Trinajstić information content (AvgIpc) is 1.99. The molecule has 0 spiro atoms. The van der Waals surface area contributed by atoms with Gasteiger partial charge in [-0.2, -0.15) is 0 Å². The summed E-state index contributed by atoms with van der Waals surface area (Å²) in [7, 11) is 1.60. The predicted octanol–water partition coefficient (Wildman–Crippen LogP) is -0.515. The number of rotatable bonds is 4. The van der Waals surface area contributed by atoms with Crippen molar-refractivity contribution >= 4 is 5.91 Å². The summed E-state index contributed by atoms with van der Waals surface area (Å²) in [5.74, 6) is -0.145. The highest BCUT2D eigenvalue weighted by atomic mass is 16.5. The lowest BCUT2D eigenvalue weighted by Crippen LogP contribution is -2.41. The normalized spacial score (nSPS) is 15.6. The number of amides is 1. The minimum atomic E-state index is -0.445. The van der Waals surface area contributed by atoms with Gasteiger partial charge in [0, 0.05) is 13.7 Å². The van der Waals surface area contributed by atoms with Crippen LogP contribution < -0.4 is 11.1 Å². The van der Waals surface area contributed by atoms with E-state index in [0.29, 0.717) is 6.54 Å². The number of carbonyl (C=O) groups is 1. The fraction of sp³-hybridized carbons (Fsp3) is 0.857. The van der Waals surface area contributed by atoms with E-state index >= 15 is 0 Å². The van der Waals surface area contributed by atoms with Crippen LogP contribution in [0.5, 0.6) is 0 Å². The molecule has 4 heteroatoms. The Morgan fingerprint density at radius 2 is 2.18 bits per heavy atom. The Kier molecular flexibility index (Phi) is 4.81. The van der Waals surface area contributed by atoms with E-state index < -0.39 is 6.04 Å². The molecule has 0 aromatic rings. The van der Waals surface area contributed by atoms with Gasteiger partial charge in [0.05, 0.1) is 12.1 Å². The quantitative estimate of drug-likeness (QED) is 0.582. The van der Waals surface area contributed by atoms with Gasteiger partial charge in [-0.25, -0.2) is 0 Å². The molecule has 0 aliphatic rings. The maximum atomic E-state index is 10.9. The van der Waals surface area contributed by atoms with Crippen LogP contribution >= 0.6 is 0 Å². The third kappa shape index (κ3) is 4.75. The summed E-state index contributed by atoms with van der Waals surface area (Å²) in [6.45, 7) is 4.03. The van der Waals surface area contributed by atoms with Crippen molar-refractivity contribution in [3.05, 3.63) is 0 Å². The van der Waals surface area contributed by atoms with Gasteiger partial charge in [-0.15, -0.1) is 0 Å². The molecular weight excluding hydrogens is 144 g/mol. The highest BCUT2D eigenvalue weighted by molar-refractivity contribution is 5.80. The molecule has 0 fully saturated rings. The first-order valence-corrected chi connectivity index (χ1v) is 3.64. The molecule has 11 heavy (non-hydrogen) atoms. The van der Waals surface area contributed by atoms with E-state index in [4.69, 9.17) is 10.5 Å². The lowest BCUT2D eigenvalue weighted by Gasteiger charge is -2.11. The minimum Gasteiger partial charge on any atom is -0.380 e. The topological polar surface area (TPSA) is 64.3 Å². The fourth-order valence-electron chi connectivity index (χ4n) is 0.489. The number of ether oxygens (including phenoxy) is 1. The van der Waals surface area contributed by atoms with E-state index in [0.717, 1.165) is 0 Å². The van der Waals surface area contributed by atoms with E-state index in [9.17, 15) is 4.79 Å². The highest BCUT2D eigenvalue weighted by Gasteiger charge is 2.07. The molecule has 0 aromatic carbocycles.